The summed E-state index contributed by atoms with van der Waals surface area (Å²) in [5, 5.41) is 5.72. The summed E-state index contributed by atoms with van der Waals surface area (Å²) in [6, 6.07) is 19.0. The summed E-state index contributed by atoms with van der Waals surface area (Å²) in [7, 11) is 1.94. The van der Waals surface area contributed by atoms with E-state index in [1.807, 2.05) is 57.0 Å². The summed E-state index contributed by atoms with van der Waals surface area (Å²) in [4.78, 5) is 52.2. The predicted octanol–water partition coefficient (Wildman–Crippen LogP) is 7.55. The highest BCUT2D eigenvalue weighted by Crippen LogP contribution is 2.33. The third kappa shape index (κ3) is 15.8. The van der Waals surface area contributed by atoms with E-state index < -0.39 is 29.2 Å². The number of nitrogens with zero attached hydrogens (tertiary/aromatic N) is 4. The molecule has 0 saturated carbocycles. The van der Waals surface area contributed by atoms with Crippen molar-refractivity contribution in [1.29, 1.82) is 0 Å². The topological polar surface area (TPSA) is 144 Å². The van der Waals surface area contributed by atoms with Crippen LogP contribution >= 0.6 is 0 Å². The molecule has 2 amide bonds. The maximum Gasteiger partial charge on any atom is 0.416 e. The van der Waals surface area contributed by atoms with E-state index in [4.69, 9.17) is 18.9 Å². The summed E-state index contributed by atoms with van der Waals surface area (Å²) in [6.07, 6.45) is 0.462. The zero-order valence-corrected chi connectivity index (χ0v) is 35.9. The first-order chi connectivity index (χ1) is 29.6. The Bertz CT molecular complexity index is 2090. The lowest BCUT2D eigenvalue weighted by Gasteiger charge is -2.29. The number of anilines is 2. The number of hydrogen-bond donors (Lipinski definition) is 2. The summed E-state index contributed by atoms with van der Waals surface area (Å²) in [5.41, 5.74) is 2.64. The first kappa shape index (κ1) is 47.6. The van der Waals surface area contributed by atoms with E-state index in [1.54, 1.807) is 18.2 Å². The van der Waals surface area contributed by atoms with Gasteiger partial charge >= 0.3 is 12.1 Å². The molecular weight excluding hydrogens is 806 g/mol. The SMILES string of the molecule is CN(CCOCCOCCOCCC(=O)OC(C)(C)C)Cc1cccc(C(=O)Nc2ccc(N3CCCCC3)cc2-c2cc(C(=O)NCc3cccc(C(F)(F)F)c3)ccn2)n1. The Kier molecular flexibility index (Phi) is 17.8. The predicted molar refractivity (Wildman–Crippen MR) is 230 cm³/mol. The van der Waals surface area contributed by atoms with Gasteiger partial charge in [-0.2, -0.15) is 13.2 Å². The number of alkyl halides is 3. The Hall–Kier alpha value is -5.42. The maximum absolute atomic E-state index is 13.7. The molecule has 2 aromatic carbocycles. The fourth-order valence-corrected chi connectivity index (χ4v) is 6.61. The highest BCUT2D eigenvalue weighted by atomic mass is 19.4. The molecule has 0 radical (unpaired) electrons. The number of rotatable bonds is 21. The van der Waals surface area contributed by atoms with E-state index in [0.717, 1.165) is 50.2 Å². The molecule has 5 rings (SSSR count). The molecule has 1 fully saturated rings. The lowest BCUT2D eigenvalue weighted by atomic mass is 10.0. The van der Waals surface area contributed by atoms with Crippen molar-refractivity contribution in [2.45, 2.75) is 71.3 Å². The van der Waals surface area contributed by atoms with E-state index in [1.165, 1.54) is 24.4 Å². The van der Waals surface area contributed by atoms with Crippen molar-refractivity contribution >= 4 is 29.2 Å². The minimum atomic E-state index is -4.49. The van der Waals surface area contributed by atoms with Crippen molar-refractivity contribution in [3.05, 3.63) is 107 Å². The number of likely N-dealkylation sites (N-methyl/N-ethyl adjacent to an activating group) is 1. The van der Waals surface area contributed by atoms with Crippen molar-refractivity contribution in [3.63, 3.8) is 0 Å². The van der Waals surface area contributed by atoms with Gasteiger partial charge in [0.25, 0.3) is 11.8 Å². The molecule has 4 aromatic rings. The standard InChI is InChI=1S/C46H57F3N6O7/c1-45(2,3)62-42(56)17-22-59-24-26-61-27-25-60-23-21-54(4)32-36-12-9-13-40(52-36)44(58)53-39-15-14-37(55-19-6-5-7-20-55)30-38(39)41-29-34(16-18-50-41)43(57)51-31-33-10-8-11-35(28-33)46(47,48)49/h8-16,18,28-30H,5-7,17,19-27,31-32H2,1-4H3,(H,51,57)(H,53,58). The van der Waals surface area contributed by atoms with Crippen LogP contribution in [-0.4, -0.2) is 105 Å². The molecule has 3 heterocycles. The molecule has 0 atom stereocenters. The molecule has 2 aromatic heterocycles. The van der Waals surface area contributed by atoms with Gasteiger partial charge in [0, 0.05) is 55.7 Å². The molecule has 0 spiro atoms. The van der Waals surface area contributed by atoms with Crippen molar-refractivity contribution in [2.75, 3.05) is 76.5 Å². The van der Waals surface area contributed by atoms with Gasteiger partial charge in [-0.05, 0) is 107 Å². The van der Waals surface area contributed by atoms with Gasteiger partial charge in [-0.3, -0.25) is 24.3 Å². The van der Waals surface area contributed by atoms with Crippen LogP contribution in [0.15, 0.2) is 79.0 Å². The summed E-state index contributed by atoms with van der Waals surface area (Å²) >= 11 is 0. The summed E-state index contributed by atoms with van der Waals surface area (Å²) < 4.78 is 61.7. The lowest BCUT2D eigenvalue weighted by Crippen LogP contribution is -2.29. The van der Waals surface area contributed by atoms with Gasteiger partial charge < -0.3 is 34.5 Å². The quantitative estimate of drug-likeness (QED) is 0.0633. The smallest absolute Gasteiger partial charge is 0.416 e. The van der Waals surface area contributed by atoms with Crippen molar-refractivity contribution in [2.24, 2.45) is 0 Å². The van der Waals surface area contributed by atoms with E-state index in [9.17, 15) is 27.6 Å². The minimum Gasteiger partial charge on any atom is -0.460 e. The number of hydrogen-bond acceptors (Lipinski definition) is 11. The summed E-state index contributed by atoms with van der Waals surface area (Å²) in [5.74, 6) is -1.20. The molecule has 1 aliphatic rings. The van der Waals surface area contributed by atoms with Crippen molar-refractivity contribution in [1.82, 2.24) is 20.2 Å². The van der Waals surface area contributed by atoms with Gasteiger partial charge in [0.2, 0.25) is 0 Å². The molecular formula is C46H57F3N6O7. The second kappa shape index (κ2) is 23.1. The maximum atomic E-state index is 13.7. The monoisotopic (exact) mass is 862 g/mol. The Morgan fingerprint density at radius 2 is 1.52 bits per heavy atom. The second-order valence-corrected chi connectivity index (χ2v) is 16.0. The van der Waals surface area contributed by atoms with E-state index in [2.05, 4.69) is 25.5 Å². The first-order valence-corrected chi connectivity index (χ1v) is 20.9. The van der Waals surface area contributed by atoms with Crippen LogP contribution in [0.5, 0.6) is 0 Å². The van der Waals surface area contributed by atoms with Gasteiger partial charge in [-0.1, -0.05) is 18.2 Å². The Labute approximate surface area is 361 Å². The van der Waals surface area contributed by atoms with Crippen molar-refractivity contribution in [3.8, 4) is 11.3 Å². The zero-order chi connectivity index (χ0) is 44.5. The number of ether oxygens (including phenoxy) is 4. The zero-order valence-electron chi connectivity index (χ0n) is 35.9. The number of amides is 2. The number of pyridine rings is 2. The Morgan fingerprint density at radius 1 is 0.806 bits per heavy atom. The van der Waals surface area contributed by atoms with Gasteiger partial charge in [-0.25, -0.2) is 4.98 Å². The van der Waals surface area contributed by atoms with Crippen LogP contribution in [0.25, 0.3) is 11.3 Å². The number of carbonyl (C=O) groups is 3. The van der Waals surface area contributed by atoms with Gasteiger partial charge in [0.15, 0.2) is 0 Å². The molecule has 2 N–H and O–H groups in total. The fourth-order valence-electron chi connectivity index (χ4n) is 6.61. The largest absolute Gasteiger partial charge is 0.460 e. The minimum absolute atomic E-state index is 0.101. The van der Waals surface area contributed by atoms with Crippen LogP contribution in [0.1, 0.15) is 84.1 Å². The third-order valence-corrected chi connectivity index (χ3v) is 9.68. The van der Waals surface area contributed by atoms with E-state index >= 15 is 0 Å². The third-order valence-electron chi connectivity index (χ3n) is 9.68. The highest BCUT2D eigenvalue weighted by Gasteiger charge is 2.30. The number of nitrogens with one attached hydrogen (secondary N) is 2. The number of halogens is 3. The Morgan fingerprint density at radius 3 is 2.24 bits per heavy atom. The number of esters is 1. The number of piperidine rings is 1. The van der Waals surface area contributed by atoms with Crippen molar-refractivity contribution < 1.29 is 46.5 Å². The molecule has 0 bridgehead atoms. The van der Waals surface area contributed by atoms with Gasteiger partial charge in [-0.15, -0.1) is 0 Å². The van der Waals surface area contributed by atoms with Gasteiger partial charge in [0.05, 0.1) is 68.7 Å². The second-order valence-electron chi connectivity index (χ2n) is 16.0. The number of carbonyl (C=O) groups excluding carboxylic acids is 3. The number of aromatic nitrogens is 2. The van der Waals surface area contributed by atoms with Crippen LogP contribution in [0.2, 0.25) is 0 Å². The Balaban J connectivity index is 1.14. The van der Waals surface area contributed by atoms with Crippen LogP contribution in [0, 0.1) is 0 Å². The number of benzene rings is 2. The highest BCUT2D eigenvalue weighted by molar-refractivity contribution is 6.05. The molecule has 1 saturated heterocycles. The normalized spacial score (nSPS) is 13.3. The van der Waals surface area contributed by atoms with Crippen LogP contribution in [0.4, 0.5) is 24.5 Å². The first-order valence-electron chi connectivity index (χ1n) is 20.9. The molecule has 13 nitrogen and oxygen atoms in total. The summed E-state index contributed by atoms with van der Waals surface area (Å²) in [6.45, 7) is 10.6. The molecule has 334 valence electrons. The molecule has 1 aliphatic heterocycles. The molecule has 62 heavy (non-hydrogen) atoms. The fraction of sp³-hybridized carbons (Fsp3) is 0.457. The van der Waals surface area contributed by atoms with Crippen LogP contribution in [-0.2, 0) is 43.0 Å². The molecule has 16 heteroatoms. The van der Waals surface area contributed by atoms with Crippen LogP contribution < -0.4 is 15.5 Å². The molecule has 0 aliphatic carbocycles. The average molecular weight is 863 g/mol. The van der Waals surface area contributed by atoms with Gasteiger partial charge in [0.1, 0.15) is 11.3 Å². The lowest BCUT2D eigenvalue weighted by molar-refractivity contribution is -0.156. The average Bonchev–Trinajstić information content (AvgIpc) is 3.24. The van der Waals surface area contributed by atoms with E-state index in [0.29, 0.717) is 74.3 Å². The molecule has 0 unspecified atom stereocenters. The van der Waals surface area contributed by atoms with Crippen LogP contribution in [0.3, 0.4) is 0 Å². The van der Waals surface area contributed by atoms with E-state index in [-0.39, 0.29) is 36.8 Å².